The van der Waals surface area contributed by atoms with E-state index in [9.17, 15) is 5.11 Å². The minimum Gasteiger partial charge on any atom is -0.389 e. The zero-order valence-electron chi connectivity index (χ0n) is 14.1. The van der Waals surface area contributed by atoms with Crippen molar-refractivity contribution in [3.05, 3.63) is 66.2 Å². The monoisotopic (exact) mass is 326 g/mol. The van der Waals surface area contributed by atoms with Crippen LogP contribution in [0.3, 0.4) is 0 Å². The van der Waals surface area contributed by atoms with E-state index in [1.165, 1.54) is 5.69 Å². The first-order chi connectivity index (χ1) is 11.8. The first-order valence-corrected chi connectivity index (χ1v) is 8.63. The van der Waals surface area contributed by atoms with Crippen LogP contribution in [-0.4, -0.2) is 55.4 Å². The van der Waals surface area contributed by atoms with Crippen molar-refractivity contribution in [3.63, 3.8) is 0 Å². The molecule has 0 aliphatic carbocycles. The van der Waals surface area contributed by atoms with Gasteiger partial charge in [0, 0.05) is 38.4 Å². The second kappa shape index (κ2) is 8.83. The molecule has 0 aromatic heterocycles. The van der Waals surface area contributed by atoms with E-state index in [4.69, 9.17) is 4.74 Å². The van der Waals surface area contributed by atoms with Gasteiger partial charge in [0.15, 0.2) is 0 Å². The summed E-state index contributed by atoms with van der Waals surface area (Å²) in [4.78, 5) is 4.71. The standard InChI is InChI=1S/C20H26N2O2/c23-20(17-24-16-18-7-3-1-4-8-18)15-21-11-13-22(14-12-21)19-9-5-2-6-10-19/h1-10,20,23H,11-17H2/t20-/m0/s1. The Labute approximate surface area is 144 Å². The highest BCUT2D eigenvalue weighted by molar-refractivity contribution is 5.46. The summed E-state index contributed by atoms with van der Waals surface area (Å²) in [6, 6.07) is 20.6. The lowest BCUT2D eigenvalue weighted by Crippen LogP contribution is -2.49. The number of para-hydroxylation sites is 1. The smallest absolute Gasteiger partial charge is 0.0900 e. The van der Waals surface area contributed by atoms with Crippen molar-refractivity contribution < 1.29 is 9.84 Å². The van der Waals surface area contributed by atoms with Gasteiger partial charge in [-0.05, 0) is 17.7 Å². The fraction of sp³-hybridized carbons (Fsp3) is 0.400. The maximum absolute atomic E-state index is 10.2. The van der Waals surface area contributed by atoms with E-state index in [2.05, 4.69) is 34.1 Å². The van der Waals surface area contributed by atoms with Crippen molar-refractivity contribution in [2.24, 2.45) is 0 Å². The molecule has 1 atom stereocenters. The third-order valence-corrected chi connectivity index (χ3v) is 4.38. The number of anilines is 1. The van der Waals surface area contributed by atoms with Crippen LogP contribution in [0.15, 0.2) is 60.7 Å². The first-order valence-electron chi connectivity index (χ1n) is 8.63. The van der Waals surface area contributed by atoms with Crippen LogP contribution in [0.1, 0.15) is 5.56 Å². The number of β-amino-alcohol motifs (C(OH)–C–C–N with tert-alkyl or cyclic N) is 1. The average Bonchev–Trinajstić information content (AvgIpc) is 2.64. The highest BCUT2D eigenvalue weighted by Crippen LogP contribution is 2.15. The first kappa shape index (κ1) is 17.0. The lowest BCUT2D eigenvalue weighted by atomic mass is 10.2. The molecule has 24 heavy (non-hydrogen) atoms. The van der Waals surface area contributed by atoms with Crippen molar-refractivity contribution in [2.75, 3.05) is 44.2 Å². The van der Waals surface area contributed by atoms with Gasteiger partial charge >= 0.3 is 0 Å². The van der Waals surface area contributed by atoms with Crippen LogP contribution in [-0.2, 0) is 11.3 Å². The molecule has 2 aromatic carbocycles. The number of nitrogens with zero attached hydrogens (tertiary/aromatic N) is 2. The maximum atomic E-state index is 10.2. The normalized spacial score (nSPS) is 17.0. The summed E-state index contributed by atoms with van der Waals surface area (Å²) in [6.07, 6.45) is -0.433. The third kappa shape index (κ3) is 5.06. The number of hydrogen-bond donors (Lipinski definition) is 1. The van der Waals surface area contributed by atoms with E-state index in [1.54, 1.807) is 0 Å². The average molecular weight is 326 g/mol. The Kier molecular flexibility index (Phi) is 6.24. The van der Waals surface area contributed by atoms with Crippen LogP contribution in [0.25, 0.3) is 0 Å². The van der Waals surface area contributed by atoms with E-state index < -0.39 is 6.10 Å². The second-order valence-electron chi connectivity index (χ2n) is 6.28. The molecule has 4 heteroatoms. The number of rotatable bonds is 7. The van der Waals surface area contributed by atoms with Gasteiger partial charge in [-0.25, -0.2) is 0 Å². The quantitative estimate of drug-likeness (QED) is 0.847. The number of aliphatic hydroxyl groups is 1. The van der Waals surface area contributed by atoms with Crippen molar-refractivity contribution in [2.45, 2.75) is 12.7 Å². The van der Waals surface area contributed by atoms with Crippen LogP contribution in [0.5, 0.6) is 0 Å². The Hall–Kier alpha value is -1.88. The van der Waals surface area contributed by atoms with Gasteiger partial charge in [-0.3, -0.25) is 4.90 Å². The predicted octanol–water partition coefficient (Wildman–Crippen LogP) is 2.39. The van der Waals surface area contributed by atoms with Crippen molar-refractivity contribution in [3.8, 4) is 0 Å². The number of benzene rings is 2. The summed E-state index contributed by atoms with van der Waals surface area (Å²) >= 11 is 0. The summed E-state index contributed by atoms with van der Waals surface area (Å²) in [5, 5.41) is 10.2. The molecule has 1 saturated heterocycles. The minimum atomic E-state index is -0.433. The van der Waals surface area contributed by atoms with Crippen LogP contribution >= 0.6 is 0 Å². The van der Waals surface area contributed by atoms with Gasteiger partial charge in [0.1, 0.15) is 0 Å². The lowest BCUT2D eigenvalue weighted by molar-refractivity contribution is 0.00914. The van der Waals surface area contributed by atoms with Crippen molar-refractivity contribution >= 4 is 5.69 Å². The molecule has 128 valence electrons. The fourth-order valence-corrected chi connectivity index (χ4v) is 3.07. The molecule has 0 radical (unpaired) electrons. The Balaban J connectivity index is 1.35. The Bertz CT molecular complexity index is 583. The molecule has 4 nitrogen and oxygen atoms in total. The lowest BCUT2D eigenvalue weighted by Gasteiger charge is -2.36. The van der Waals surface area contributed by atoms with Gasteiger partial charge < -0.3 is 14.7 Å². The maximum Gasteiger partial charge on any atom is 0.0900 e. The van der Waals surface area contributed by atoms with Crippen molar-refractivity contribution in [1.29, 1.82) is 0 Å². The molecule has 3 rings (SSSR count). The summed E-state index contributed by atoms with van der Waals surface area (Å²) in [6.45, 7) is 5.57. The summed E-state index contributed by atoms with van der Waals surface area (Å²) in [5.74, 6) is 0. The minimum absolute atomic E-state index is 0.383. The number of piperazine rings is 1. The predicted molar refractivity (Wildman–Crippen MR) is 97.2 cm³/mol. The van der Waals surface area contributed by atoms with Crippen LogP contribution < -0.4 is 4.90 Å². The Morgan fingerprint density at radius 3 is 2.17 bits per heavy atom. The van der Waals surface area contributed by atoms with E-state index >= 15 is 0 Å². The van der Waals surface area contributed by atoms with E-state index in [0.29, 0.717) is 19.8 Å². The van der Waals surface area contributed by atoms with E-state index in [1.807, 2.05) is 36.4 Å². The molecule has 1 heterocycles. The largest absolute Gasteiger partial charge is 0.389 e. The third-order valence-electron chi connectivity index (χ3n) is 4.38. The molecule has 1 N–H and O–H groups in total. The molecule has 1 fully saturated rings. The van der Waals surface area contributed by atoms with Gasteiger partial charge in [0.25, 0.3) is 0 Å². The second-order valence-corrected chi connectivity index (χ2v) is 6.28. The van der Waals surface area contributed by atoms with Gasteiger partial charge in [0.05, 0.1) is 19.3 Å². The Morgan fingerprint density at radius 1 is 0.875 bits per heavy atom. The molecule has 0 amide bonds. The highest BCUT2D eigenvalue weighted by Gasteiger charge is 2.19. The molecule has 0 unspecified atom stereocenters. The molecular weight excluding hydrogens is 300 g/mol. The van der Waals surface area contributed by atoms with Gasteiger partial charge in [-0.2, -0.15) is 0 Å². The fourth-order valence-electron chi connectivity index (χ4n) is 3.07. The molecule has 0 bridgehead atoms. The number of aliphatic hydroxyl groups excluding tert-OH is 1. The number of ether oxygens (including phenoxy) is 1. The van der Waals surface area contributed by atoms with E-state index in [0.717, 1.165) is 31.7 Å². The highest BCUT2D eigenvalue weighted by atomic mass is 16.5. The number of hydrogen-bond acceptors (Lipinski definition) is 4. The molecule has 2 aromatic rings. The molecule has 0 spiro atoms. The summed E-state index contributed by atoms with van der Waals surface area (Å²) < 4.78 is 5.63. The Morgan fingerprint density at radius 2 is 1.50 bits per heavy atom. The van der Waals surface area contributed by atoms with Crippen molar-refractivity contribution in [1.82, 2.24) is 4.90 Å². The zero-order valence-corrected chi connectivity index (χ0v) is 14.1. The molecule has 1 aliphatic heterocycles. The SMILES string of the molecule is O[C@H](COCc1ccccc1)CN1CCN(c2ccccc2)CC1. The summed E-state index contributed by atoms with van der Waals surface area (Å²) in [5.41, 5.74) is 2.42. The van der Waals surface area contributed by atoms with Gasteiger partial charge in [-0.1, -0.05) is 48.5 Å². The zero-order chi connectivity index (χ0) is 16.6. The van der Waals surface area contributed by atoms with Crippen LogP contribution in [0, 0.1) is 0 Å². The summed E-state index contributed by atoms with van der Waals surface area (Å²) in [7, 11) is 0. The van der Waals surface area contributed by atoms with Gasteiger partial charge in [-0.15, -0.1) is 0 Å². The van der Waals surface area contributed by atoms with Gasteiger partial charge in [0.2, 0.25) is 0 Å². The van der Waals surface area contributed by atoms with Crippen LogP contribution in [0.4, 0.5) is 5.69 Å². The van der Waals surface area contributed by atoms with Crippen LogP contribution in [0.2, 0.25) is 0 Å². The van der Waals surface area contributed by atoms with E-state index in [-0.39, 0.29) is 0 Å². The molecular formula is C20H26N2O2. The molecule has 0 saturated carbocycles. The molecule has 1 aliphatic rings. The topological polar surface area (TPSA) is 35.9 Å².